The van der Waals surface area contributed by atoms with Crippen LogP contribution in [0.15, 0.2) is 18.2 Å². The van der Waals surface area contributed by atoms with Crippen molar-refractivity contribution in [2.45, 2.75) is 19.3 Å². The summed E-state index contributed by atoms with van der Waals surface area (Å²) in [5.41, 5.74) is 2.09. The molecular weight excluding hydrogens is 139 g/mol. The summed E-state index contributed by atoms with van der Waals surface area (Å²) in [6.07, 6.45) is 5.05. The Kier molecular flexibility index (Phi) is 1.65. The zero-order valence-corrected chi connectivity index (χ0v) is 6.31. The summed E-state index contributed by atoms with van der Waals surface area (Å²) in [5.74, 6) is -0.0319. The molecule has 0 atom stereocenters. The van der Waals surface area contributed by atoms with E-state index in [1.165, 1.54) is 0 Å². The summed E-state index contributed by atoms with van der Waals surface area (Å²) in [4.78, 5) is 0. The van der Waals surface area contributed by atoms with Crippen LogP contribution in [0, 0.1) is 12.2 Å². The molecule has 0 bridgehead atoms. The number of halogens is 1. The maximum absolute atomic E-state index is 13.1. The van der Waals surface area contributed by atoms with Gasteiger partial charge in [-0.1, -0.05) is 12.1 Å². The van der Waals surface area contributed by atoms with E-state index in [0.717, 1.165) is 30.4 Å². The molecule has 0 saturated carbocycles. The van der Waals surface area contributed by atoms with E-state index in [2.05, 4.69) is 6.42 Å². The maximum atomic E-state index is 13.1. The van der Waals surface area contributed by atoms with Crippen molar-refractivity contribution in [1.82, 2.24) is 0 Å². The zero-order valence-electron chi connectivity index (χ0n) is 6.31. The Balaban J connectivity index is 2.49. The fraction of sp³-hybridized carbons (Fsp3) is 0.300. The molecule has 11 heavy (non-hydrogen) atoms. The average molecular weight is 149 g/mol. The van der Waals surface area contributed by atoms with E-state index in [-0.39, 0.29) is 5.82 Å². The van der Waals surface area contributed by atoms with Crippen LogP contribution in [0.1, 0.15) is 17.5 Å². The standard InChI is InChI=1S/C10H10F/c11-10-7-3-5-8-4-1-2-6-9(8)10/h1,3,5,7H,2,4,6H2. The van der Waals surface area contributed by atoms with E-state index < -0.39 is 0 Å². The van der Waals surface area contributed by atoms with E-state index in [4.69, 9.17) is 0 Å². The van der Waals surface area contributed by atoms with E-state index in [1.807, 2.05) is 6.07 Å². The molecule has 1 aliphatic carbocycles. The Hall–Kier alpha value is -0.850. The summed E-state index contributed by atoms with van der Waals surface area (Å²) in [5, 5.41) is 0. The van der Waals surface area contributed by atoms with Crippen molar-refractivity contribution in [1.29, 1.82) is 0 Å². The van der Waals surface area contributed by atoms with Gasteiger partial charge in [0.05, 0.1) is 0 Å². The third-order valence-electron chi connectivity index (χ3n) is 2.18. The number of hydrogen-bond donors (Lipinski definition) is 0. The number of hydrogen-bond acceptors (Lipinski definition) is 0. The molecule has 0 N–H and O–H groups in total. The highest BCUT2D eigenvalue weighted by Gasteiger charge is 2.11. The second-order valence-corrected chi connectivity index (χ2v) is 2.91. The number of rotatable bonds is 0. The molecule has 0 fully saturated rings. The van der Waals surface area contributed by atoms with Crippen molar-refractivity contribution >= 4 is 0 Å². The van der Waals surface area contributed by atoms with Gasteiger partial charge in [0.25, 0.3) is 0 Å². The molecule has 0 unspecified atom stereocenters. The van der Waals surface area contributed by atoms with Crippen molar-refractivity contribution in [3.05, 3.63) is 41.6 Å². The van der Waals surface area contributed by atoms with Gasteiger partial charge in [-0.15, -0.1) is 0 Å². The van der Waals surface area contributed by atoms with Crippen LogP contribution < -0.4 is 0 Å². The summed E-state index contributed by atoms with van der Waals surface area (Å²) in [7, 11) is 0. The second-order valence-electron chi connectivity index (χ2n) is 2.91. The molecular formula is C10H10F. The molecule has 1 aromatic rings. The van der Waals surface area contributed by atoms with Gasteiger partial charge in [0.2, 0.25) is 0 Å². The van der Waals surface area contributed by atoms with Gasteiger partial charge in [-0.25, -0.2) is 4.39 Å². The number of fused-ring (bicyclic) bond motifs is 1. The van der Waals surface area contributed by atoms with E-state index in [9.17, 15) is 4.39 Å². The van der Waals surface area contributed by atoms with Gasteiger partial charge in [-0.3, -0.25) is 0 Å². The fourth-order valence-corrected chi connectivity index (χ4v) is 1.58. The normalized spacial score (nSPS) is 16.1. The molecule has 0 aliphatic heterocycles. The smallest absolute Gasteiger partial charge is 0.126 e. The van der Waals surface area contributed by atoms with E-state index in [0.29, 0.717) is 0 Å². The van der Waals surface area contributed by atoms with Gasteiger partial charge in [-0.05, 0) is 42.9 Å². The Morgan fingerprint density at radius 2 is 2.18 bits per heavy atom. The predicted octanol–water partition coefficient (Wildman–Crippen LogP) is 2.52. The molecule has 1 radical (unpaired) electrons. The lowest BCUT2D eigenvalue weighted by Crippen LogP contribution is -2.04. The summed E-state index contributed by atoms with van der Waals surface area (Å²) in [6, 6.07) is 5.34. The van der Waals surface area contributed by atoms with Crippen molar-refractivity contribution < 1.29 is 4.39 Å². The summed E-state index contributed by atoms with van der Waals surface area (Å²) >= 11 is 0. The average Bonchev–Trinajstić information content (AvgIpc) is 2.06. The highest BCUT2D eigenvalue weighted by molar-refractivity contribution is 5.32. The number of benzene rings is 1. The van der Waals surface area contributed by atoms with Crippen LogP contribution in [-0.4, -0.2) is 0 Å². The topological polar surface area (TPSA) is 0 Å². The monoisotopic (exact) mass is 149 g/mol. The van der Waals surface area contributed by atoms with Crippen LogP contribution in [0.25, 0.3) is 0 Å². The van der Waals surface area contributed by atoms with Crippen molar-refractivity contribution in [3.63, 3.8) is 0 Å². The lowest BCUT2D eigenvalue weighted by atomic mass is 9.91. The van der Waals surface area contributed by atoms with Crippen LogP contribution in [0.4, 0.5) is 4.39 Å². The largest absolute Gasteiger partial charge is 0.207 e. The Morgan fingerprint density at radius 3 is 3.00 bits per heavy atom. The first-order chi connectivity index (χ1) is 5.38. The first kappa shape index (κ1) is 6.84. The molecule has 0 amide bonds. The first-order valence-corrected chi connectivity index (χ1v) is 3.96. The van der Waals surface area contributed by atoms with Gasteiger partial charge in [0.15, 0.2) is 0 Å². The minimum atomic E-state index is -0.0319. The van der Waals surface area contributed by atoms with Crippen molar-refractivity contribution in [2.24, 2.45) is 0 Å². The Bertz CT molecular complexity index is 266. The highest BCUT2D eigenvalue weighted by atomic mass is 19.1. The van der Waals surface area contributed by atoms with Crippen LogP contribution in [0.3, 0.4) is 0 Å². The SMILES string of the molecule is Fc1cccc2c1CC[CH]C2. The lowest BCUT2D eigenvalue weighted by Gasteiger charge is -2.14. The predicted molar refractivity (Wildman–Crippen MR) is 42.7 cm³/mol. The van der Waals surface area contributed by atoms with Gasteiger partial charge < -0.3 is 0 Å². The molecule has 1 aliphatic rings. The maximum Gasteiger partial charge on any atom is 0.126 e. The van der Waals surface area contributed by atoms with Crippen LogP contribution in [0.5, 0.6) is 0 Å². The molecule has 0 spiro atoms. The van der Waals surface area contributed by atoms with Crippen molar-refractivity contribution in [3.8, 4) is 0 Å². The lowest BCUT2D eigenvalue weighted by molar-refractivity contribution is 0.598. The van der Waals surface area contributed by atoms with E-state index >= 15 is 0 Å². The molecule has 0 nitrogen and oxygen atoms in total. The zero-order chi connectivity index (χ0) is 7.68. The molecule has 2 rings (SSSR count). The van der Waals surface area contributed by atoms with Crippen molar-refractivity contribution in [2.75, 3.05) is 0 Å². The quantitative estimate of drug-likeness (QED) is 0.531. The minimum absolute atomic E-state index is 0.0319. The highest BCUT2D eigenvalue weighted by Crippen LogP contribution is 2.22. The van der Waals surface area contributed by atoms with Crippen LogP contribution in [0.2, 0.25) is 0 Å². The Morgan fingerprint density at radius 1 is 1.27 bits per heavy atom. The van der Waals surface area contributed by atoms with Crippen LogP contribution >= 0.6 is 0 Å². The molecule has 0 aromatic heterocycles. The van der Waals surface area contributed by atoms with E-state index in [1.54, 1.807) is 12.1 Å². The van der Waals surface area contributed by atoms with Gasteiger partial charge in [-0.2, -0.15) is 0 Å². The van der Waals surface area contributed by atoms with Crippen LogP contribution in [-0.2, 0) is 12.8 Å². The van der Waals surface area contributed by atoms with Gasteiger partial charge >= 0.3 is 0 Å². The first-order valence-electron chi connectivity index (χ1n) is 3.96. The third kappa shape index (κ3) is 1.15. The summed E-state index contributed by atoms with van der Waals surface area (Å²) < 4.78 is 13.1. The van der Waals surface area contributed by atoms with Gasteiger partial charge in [0.1, 0.15) is 5.82 Å². The molecule has 0 heterocycles. The Labute approximate surface area is 66.1 Å². The van der Waals surface area contributed by atoms with Gasteiger partial charge in [0, 0.05) is 0 Å². The minimum Gasteiger partial charge on any atom is -0.207 e. The molecule has 0 saturated heterocycles. The molecule has 57 valence electrons. The second kappa shape index (κ2) is 2.65. The summed E-state index contributed by atoms with van der Waals surface area (Å²) in [6.45, 7) is 0. The fourth-order valence-electron chi connectivity index (χ4n) is 1.58. The molecule has 1 heteroatoms. The molecule has 1 aromatic carbocycles. The third-order valence-corrected chi connectivity index (χ3v) is 2.18.